The van der Waals surface area contributed by atoms with Crippen LogP contribution in [0.15, 0.2) is 48.7 Å². The van der Waals surface area contributed by atoms with Gasteiger partial charge in [-0.2, -0.15) is 0 Å². The standard InChI is InChI=1S/C22H26N2/c1-16-14-17(2)22-19(11-12-23-22)20(16)15-24-13-7-6-10-21(24)18-8-4-3-5-9-18/h3-5,8-9,11-12,14,21,23H,6-7,10,13,15H2,1-2H3/t21-/m1/s1. The number of aromatic amines is 1. The van der Waals surface area contributed by atoms with Crippen LogP contribution in [0, 0.1) is 13.8 Å². The Morgan fingerprint density at radius 1 is 1.04 bits per heavy atom. The van der Waals surface area contributed by atoms with Crippen molar-refractivity contribution < 1.29 is 0 Å². The Balaban J connectivity index is 1.70. The van der Waals surface area contributed by atoms with Crippen LogP contribution in [0.4, 0.5) is 0 Å². The summed E-state index contributed by atoms with van der Waals surface area (Å²) in [5, 5.41) is 1.39. The van der Waals surface area contributed by atoms with E-state index in [0.29, 0.717) is 6.04 Å². The third kappa shape index (κ3) is 2.76. The molecule has 0 saturated carbocycles. The van der Waals surface area contributed by atoms with Crippen LogP contribution in [0.2, 0.25) is 0 Å². The number of aryl methyl sites for hydroxylation is 2. The molecule has 0 unspecified atom stereocenters. The van der Waals surface area contributed by atoms with Crippen LogP contribution in [0.1, 0.15) is 47.6 Å². The fourth-order valence-electron chi connectivity index (χ4n) is 4.29. The molecule has 1 atom stereocenters. The highest BCUT2D eigenvalue weighted by Gasteiger charge is 2.25. The van der Waals surface area contributed by atoms with Crippen molar-refractivity contribution in [3.63, 3.8) is 0 Å². The molecule has 2 heteroatoms. The number of benzene rings is 2. The topological polar surface area (TPSA) is 19.0 Å². The Morgan fingerprint density at radius 3 is 2.71 bits per heavy atom. The summed E-state index contributed by atoms with van der Waals surface area (Å²) in [6.07, 6.45) is 5.99. The zero-order chi connectivity index (χ0) is 16.5. The fraction of sp³-hybridized carbons (Fsp3) is 0.364. The molecular weight excluding hydrogens is 292 g/mol. The Hall–Kier alpha value is -2.06. The number of nitrogens with zero attached hydrogens (tertiary/aromatic N) is 1. The first-order valence-corrected chi connectivity index (χ1v) is 9.09. The molecule has 0 aliphatic carbocycles. The van der Waals surface area contributed by atoms with Gasteiger partial charge in [0.05, 0.1) is 0 Å². The van der Waals surface area contributed by atoms with Gasteiger partial charge in [-0.1, -0.05) is 42.8 Å². The minimum Gasteiger partial charge on any atom is -0.361 e. The summed E-state index contributed by atoms with van der Waals surface area (Å²) >= 11 is 0. The number of hydrogen-bond acceptors (Lipinski definition) is 1. The van der Waals surface area contributed by atoms with Crippen LogP contribution >= 0.6 is 0 Å². The molecule has 1 saturated heterocycles. The van der Waals surface area contributed by atoms with Crippen molar-refractivity contribution in [3.8, 4) is 0 Å². The number of rotatable bonds is 3. The molecule has 2 heterocycles. The Morgan fingerprint density at radius 2 is 1.88 bits per heavy atom. The first-order chi connectivity index (χ1) is 11.7. The van der Waals surface area contributed by atoms with Crippen LogP contribution in [-0.4, -0.2) is 16.4 Å². The molecule has 124 valence electrons. The van der Waals surface area contributed by atoms with Crippen LogP contribution < -0.4 is 0 Å². The van der Waals surface area contributed by atoms with Crippen molar-refractivity contribution in [3.05, 3.63) is 70.9 Å². The first-order valence-electron chi connectivity index (χ1n) is 9.09. The second-order valence-electron chi connectivity index (χ2n) is 7.15. The molecule has 1 aliphatic heterocycles. The second-order valence-corrected chi connectivity index (χ2v) is 7.15. The van der Waals surface area contributed by atoms with Crippen LogP contribution in [0.5, 0.6) is 0 Å². The average Bonchev–Trinajstić information content (AvgIpc) is 3.10. The van der Waals surface area contributed by atoms with Crippen molar-refractivity contribution in [2.24, 2.45) is 0 Å². The van der Waals surface area contributed by atoms with Gasteiger partial charge in [0, 0.05) is 29.7 Å². The number of fused-ring (bicyclic) bond motifs is 1. The molecule has 24 heavy (non-hydrogen) atoms. The first kappa shape index (κ1) is 15.5. The quantitative estimate of drug-likeness (QED) is 0.674. The molecule has 0 radical (unpaired) electrons. The van der Waals surface area contributed by atoms with E-state index in [1.54, 1.807) is 0 Å². The number of piperidine rings is 1. The smallest absolute Gasteiger partial charge is 0.0487 e. The normalized spacial score (nSPS) is 19.0. The molecule has 2 aromatic carbocycles. The second kappa shape index (κ2) is 6.45. The van der Waals surface area contributed by atoms with Crippen molar-refractivity contribution in [2.45, 2.75) is 45.7 Å². The lowest BCUT2D eigenvalue weighted by atomic mass is 9.93. The van der Waals surface area contributed by atoms with Gasteiger partial charge in [-0.15, -0.1) is 0 Å². The van der Waals surface area contributed by atoms with Gasteiger partial charge in [-0.25, -0.2) is 0 Å². The summed E-state index contributed by atoms with van der Waals surface area (Å²) in [6, 6.07) is 16.2. The summed E-state index contributed by atoms with van der Waals surface area (Å²) in [6.45, 7) is 6.69. The zero-order valence-electron chi connectivity index (χ0n) is 14.7. The Kier molecular flexibility index (Phi) is 4.15. The lowest BCUT2D eigenvalue weighted by Crippen LogP contribution is -2.33. The molecule has 0 amide bonds. The maximum atomic E-state index is 3.42. The Bertz CT molecular complexity index is 832. The number of hydrogen-bond donors (Lipinski definition) is 1. The summed E-state index contributed by atoms with van der Waals surface area (Å²) in [4.78, 5) is 6.10. The number of aromatic nitrogens is 1. The molecule has 1 fully saturated rings. The maximum Gasteiger partial charge on any atom is 0.0487 e. The van der Waals surface area contributed by atoms with Crippen LogP contribution in [-0.2, 0) is 6.54 Å². The van der Waals surface area contributed by atoms with Gasteiger partial charge in [0.2, 0.25) is 0 Å². The van der Waals surface area contributed by atoms with Gasteiger partial charge >= 0.3 is 0 Å². The van der Waals surface area contributed by atoms with Gasteiger partial charge in [-0.05, 0) is 61.6 Å². The molecule has 0 bridgehead atoms. The average molecular weight is 318 g/mol. The molecular formula is C22H26N2. The predicted octanol–water partition coefficient (Wildman–Crippen LogP) is 5.51. The van der Waals surface area contributed by atoms with Gasteiger partial charge in [0.1, 0.15) is 0 Å². The molecule has 4 rings (SSSR count). The van der Waals surface area contributed by atoms with Crippen LogP contribution in [0.3, 0.4) is 0 Å². The van der Waals surface area contributed by atoms with Crippen molar-refractivity contribution in [1.82, 2.24) is 9.88 Å². The van der Waals surface area contributed by atoms with Gasteiger partial charge in [-0.3, -0.25) is 4.90 Å². The van der Waals surface area contributed by atoms with E-state index in [1.807, 2.05) is 0 Å². The Labute approximate surface area is 144 Å². The summed E-state index contributed by atoms with van der Waals surface area (Å²) in [5.41, 5.74) is 7.00. The highest BCUT2D eigenvalue weighted by atomic mass is 15.2. The zero-order valence-corrected chi connectivity index (χ0v) is 14.7. The third-order valence-corrected chi connectivity index (χ3v) is 5.53. The largest absolute Gasteiger partial charge is 0.361 e. The molecule has 2 nitrogen and oxygen atoms in total. The van der Waals surface area contributed by atoms with E-state index >= 15 is 0 Å². The third-order valence-electron chi connectivity index (χ3n) is 5.53. The monoisotopic (exact) mass is 318 g/mol. The van der Waals surface area contributed by atoms with E-state index in [0.717, 1.165) is 6.54 Å². The molecule has 0 spiro atoms. The predicted molar refractivity (Wildman–Crippen MR) is 101 cm³/mol. The summed E-state index contributed by atoms with van der Waals surface area (Å²) in [5.74, 6) is 0. The van der Waals surface area contributed by atoms with E-state index in [2.05, 4.69) is 72.4 Å². The lowest BCUT2D eigenvalue weighted by molar-refractivity contribution is 0.141. The number of likely N-dealkylation sites (tertiary alicyclic amines) is 1. The van der Waals surface area contributed by atoms with E-state index < -0.39 is 0 Å². The highest BCUT2D eigenvalue weighted by molar-refractivity contribution is 5.86. The number of nitrogens with one attached hydrogen (secondary N) is 1. The molecule has 1 aromatic heterocycles. The van der Waals surface area contributed by atoms with Gasteiger partial charge in [0.15, 0.2) is 0 Å². The van der Waals surface area contributed by atoms with Crippen molar-refractivity contribution in [2.75, 3.05) is 6.54 Å². The van der Waals surface area contributed by atoms with Gasteiger partial charge in [0.25, 0.3) is 0 Å². The van der Waals surface area contributed by atoms with Crippen LogP contribution in [0.25, 0.3) is 10.9 Å². The van der Waals surface area contributed by atoms with E-state index in [-0.39, 0.29) is 0 Å². The van der Waals surface area contributed by atoms with E-state index in [1.165, 1.54) is 59.0 Å². The highest BCUT2D eigenvalue weighted by Crippen LogP contribution is 2.34. The SMILES string of the molecule is Cc1cc(C)c2[nH]ccc2c1CN1CCCC[C@@H]1c1ccccc1. The van der Waals surface area contributed by atoms with Crippen molar-refractivity contribution in [1.29, 1.82) is 0 Å². The summed E-state index contributed by atoms with van der Waals surface area (Å²) in [7, 11) is 0. The lowest BCUT2D eigenvalue weighted by Gasteiger charge is -2.36. The van der Waals surface area contributed by atoms with Crippen molar-refractivity contribution >= 4 is 10.9 Å². The molecule has 1 N–H and O–H groups in total. The molecule has 1 aliphatic rings. The fourth-order valence-corrected chi connectivity index (χ4v) is 4.29. The van der Waals surface area contributed by atoms with E-state index in [4.69, 9.17) is 0 Å². The van der Waals surface area contributed by atoms with Gasteiger partial charge < -0.3 is 4.98 Å². The summed E-state index contributed by atoms with van der Waals surface area (Å²) < 4.78 is 0. The molecule has 3 aromatic rings. The maximum absolute atomic E-state index is 3.42. The minimum atomic E-state index is 0.551. The van der Waals surface area contributed by atoms with E-state index in [9.17, 15) is 0 Å². The number of H-pyrrole nitrogens is 1. The minimum absolute atomic E-state index is 0.551.